The fraction of sp³-hybridized carbons (Fsp3) is 0.625. The number of benzene rings is 1. The lowest BCUT2D eigenvalue weighted by Gasteiger charge is -2.39. The predicted octanol–water partition coefficient (Wildman–Crippen LogP) is 3.61. The van der Waals surface area contributed by atoms with E-state index in [0.29, 0.717) is 17.9 Å². The number of aliphatic hydroxyl groups is 1. The molecule has 1 aromatic carbocycles. The van der Waals surface area contributed by atoms with E-state index in [1.807, 2.05) is 6.07 Å². The molecular formula is C16H23BrFNO. The zero-order valence-corrected chi connectivity index (χ0v) is 13.8. The summed E-state index contributed by atoms with van der Waals surface area (Å²) in [5.41, 5.74) is -0.157. The first-order valence-electron chi connectivity index (χ1n) is 7.27. The Kier molecular flexibility index (Phi) is 5.21. The van der Waals surface area contributed by atoms with E-state index in [1.54, 1.807) is 6.07 Å². The molecule has 1 N–H and O–H groups in total. The van der Waals surface area contributed by atoms with Gasteiger partial charge in [0.25, 0.3) is 0 Å². The van der Waals surface area contributed by atoms with Crippen molar-refractivity contribution in [3.63, 3.8) is 0 Å². The SMILES string of the molecule is CC(C)CN1CCC(O)(Cc2ccc(Br)cc2F)CC1. The van der Waals surface area contributed by atoms with Crippen LogP contribution in [0.5, 0.6) is 0 Å². The molecule has 0 radical (unpaired) electrons. The highest BCUT2D eigenvalue weighted by Crippen LogP contribution is 2.28. The zero-order valence-electron chi connectivity index (χ0n) is 12.2. The lowest BCUT2D eigenvalue weighted by Crippen LogP contribution is -2.46. The van der Waals surface area contributed by atoms with Gasteiger partial charge in [-0.25, -0.2) is 4.39 Å². The van der Waals surface area contributed by atoms with Crippen molar-refractivity contribution in [2.75, 3.05) is 19.6 Å². The van der Waals surface area contributed by atoms with Crippen molar-refractivity contribution in [3.05, 3.63) is 34.1 Å². The highest BCUT2D eigenvalue weighted by atomic mass is 79.9. The van der Waals surface area contributed by atoms with Crippen LogP contribution in [0, 0.1) is 11.7 Å². The molecule has 1 aliphatic heterocycles. The second kappa shape index (κ2) is 6.54. The van der Waals surface area contributed by atoms with Crippen LogP contribution in [0.25, 0.3) is 0 Å². The predicted molar refractivity (Wildman–Crippen MR) is 83.3 cm³/mol. The van der Waals surface area contributed by atoms with Crippen LogP contribution in [0.1, 0.15) is 32.3 Å². The molecule has 1 aromatic rings. The molecule has 0 bridgehead atoms. The zero-order chi connectivity index (χ0) is 14.8. The van der Waals surface area contributed by atoms with Gasteiger partial charge in [0.1, 0.15) is 5.82 Å². The number of nitrogens with zero attached hydrogens (tertiary/aromatic N) is 1. The lowest BCUT2D eigenvalue weighted by atomic mass is 9.85. The molecule has 0 saturated carbocycles. The Bertz CT molecular complexity index is 456. The molecule has 0 aliphatic carbocycles. The monoisotopic (exact) mass is 343 g/mol. The van der Waals surface area contributed by atoms with Crippen molar-refractivity contribution in [1.29, 1.82) is 0 Å². The molecular weight excluding hydrogens is 321 g/mol. The van der Waals surface area contributed by atoms with E-state index >= 15 is 0 Å². The van der Waals surface area contributed by atoms with Gasteiger partial charge in [0.2, 0.25) is 0 Å². The number of piperidine rings is 1. The van der Waals surface area contributed by atoms with Gasteiger partial charge < -0.3 is 10.0 Å². The summed E-state index contributed by atoms with van der Waals surface area (Å²) in [4.78, 5) is 2.39. The maximum atomic E-state index is 13.9. The Labute approximate surface area is 129 Å². The second-order valence-electron chi connectivity index (χ2n) is 6.33. The summed E-state index contributed by atoms with van der Waals surface area (Å²) in [7, 11) is 0. The van der Waals surface area contributed by atoms with Gasteiger partial charge in [-0.3, -0.25) is 0 Å². The smallest absolute Gasteiger partial charge is 0.127 e. The van der Waals surface area contributed by atoms with Crippen LogP contribution in [0.3, 0.4) is 0 Å². The molecule has 2 nitrogen and oxygen atoms in total. The highest BCUT2D eigenvalue weighted by molar-refractivity contribution is 9.10. The number of rotatable bonds is 4. The maximum absolute atomic E-state index is 13.9. The van der Waals surface area contributed by atoms with E-state index in [4.69, 9.17) is 0 Å². The average Bonchev–Trinajstić information content (AvgIpc) is 2.36. The van der Waals surface area contributed by atoms with Gasteiger partial charge in [-0.1, -0.05) is 35.8 Å². The highest BCUT2D eigenvalue weighted by Gasteiger charge is 2.33. The van der Waals surface area contributed by atoms with Crippen LogP contribution < -0.4 is 0 Å². The molecule has 1 fully saturated rings. The molecule has 1 aliphatic rings. The van der Waals surface area contributed by atoms with E-state index in [-0.39, 0.29) is 5.82 Å². The third kappa shape index (κ3) is 4.27. The summed E-state index contributed by atoms with van der Waals surface area (Å²) < 4.78 is 14.6. The molecule has 0 amide bonds. The molecule has 0 spiro atoms. The summed E-state index contributed by atoms with van der Waals surface area (Å²) in [6.45, 7) is 7.28. The molecule has 1 heterocycles. The summed E-state index contributed by atoms with van der Waals surface area (Å²) in [5, 5.41) is 10.7. The Morgan fingerprint density at radius 3 is 2.55 bits per heavy atom. The van der Waals surface area contributed by atoms with E-state index in [0.717, 1.165) is 36.9 Å². The molecule has 4 heteroatoms. The fourth-order valence-corrected chi connectivity index (χ4v) is 3.20. The Morgan fingerprint density at radius 2 is 2.00 bits per heavy atom. The van der Waals surface area contributed by atoms with Gasteiger partial charge in [-0.05, 0) is 36.5 Å². The minimum atomic E-state index is -0.762. The van der Waals surface area contributed by atoms with Crippen molar-refractivity contribution in [2.24, 2.45) is 5.92 Å². The topological polar surface area (TPSA) is 23.5 Å². The van der Waals surface area contributed by atoms with Crippen molar-refractivity contribution < 1.29 is 9.50 Å². The van der Waals surface area contributed by atoms with E-state index in [1.165, 1.54) is 6.07 Å². The largest absolute Gasteiger partial charge is 0.389 e. The Balaban J connectivity index is 1.96. The molecule has 0 aromatic heterocycles. The Hall–Kier alpha value is -0.450. The summed E-state index contributed by atoms with van der Waals surface area (Å²) in [6.07, 6.45) is 1.84. The van der Waals surface area contributed by atoms with Crippen LogP contribution in [0.15, 0.2) is 22.7 Å². The minimum absolute atomic E-state index is 0.239. The van der Waals surface area contributed by atoms with E-state index < -0.39 is 5.60 Å². The molecule has 0 unspecified atom stereocenters. The maximum Gasteiger partial charge on any atom is 0.127 e. The van der Waals surface area contributed by atoms with Gasteiger partial charge in [0.05, 0.1) is 5.60 Å². The van der Waals surface area contributed by atoms with Crippen molar-refractivity contribution >= 4 is 15.9 Å². The first-order chi connectivity index (χ1) is 9.38. The van der Waals surface area contributed by atoms with Crippen LogP contribution in [-0.4, -0.2) is 35.2 Å². The van der Waals surface area contributed by atoms with Gasteiger partial charge in [0.15, 0.2) is 0 Å². The van der Waals surface area contributed by atoms with Crippen LogP contribution in [0.4, 0.5) is 4.39 Å². The number of likely N-dealkylation sites (tertiary alicyclic amines) is 1. The fourth-order valence-electron chi connectivity index (χ4n) is 2.86. The Morgan fingerprint density at radius 1 is 1.35 bits per heavy atom. The summed E-state index contributed by atoms with van der Waals surface area (Å²) in [5.74, 6) is 0.405. The molecule has 1 saturated heterocycles. The van der Waals surface area contributed by atoms with Crippen molar-refractivity contribution in [2.45, 2.75) is 38.7 Å². The standard InChI is InChI=1S/C16H23BrFNO/c1-12(2)11-19-7-5-16(20,6-8-19)10-13-3-4-14(17)9-15(13)18/h3-4,9,12,20H,5-8,10-11H2,1-2H3. The molecule has 20 heavy (non-hydrogen) atoms. The normalized spacial score (nSPS) is 19.5. The number of hydrogen-bond donors (Lipinski definition) is 1. The minimum Gasteiger partial charge on any atom is -0.389 e. The summed E-state index contributed by atoms with van der Waals surface area (Å²) in [6, 6.07) is 5.06. The number of hydrogen-bond acceptors (Lipinski definition) is 2. The first kappa shape index (κ1) is 15.9. The van der Waals surface area contributed by atoms with Crippen molar-refractivity contribution in [3.8, 4) is 0 Å². The third-order valence-corrected chi connectivity index (χ3v) is 4.44. The van der Waals surface area contributed by atoms with Crippen LogP contribution in [0.2, 0.25) is 0 Å². The van der Waals surface area contributed by atoms with E-state index in [9.17, 15) is 9.50 Å². The first-order valence-corrected chi connectivity index (χ1v) is 8.06. The average molecular weight is 344 g/mol. The molecule has 0 atom stereocenters. The van der Waals surface area contributed by atoms with Crippen molar-refractivity contribution in [1.82, 2.24) is 4.90 Å². The lowest BCUT2D eigenvalue weighted by molar-refractivity contribution is -0.0232. The number of halogens is 2. The van der Waals surface area contributed by atoms with Crippen LogP contribution in [-0.2, 0) is 6.42 Å². The van der Waals surface area contributed by atoms with Gasteiger partial charge in [0, 0.05) is 30.5 Å². The van der Waals surface area contributed by atoms with Gasteiger partial charge >= 0.3 is 0 Å². The molecule has 112 valence electrons. The third-order valence-electron chi connectivity index (χ3n) is 3.94. The van der Waals surface area contributed by atoms with Crippen LogP contribution >= 0.6 is 15.9 Å². The molecule has 2 rings (SSSR count). The quantitative estimate of drug-likeness (QED) is 0.902. The van der Waals surface area contributed by atoms with E-state index in [2.05, 4.69) is 34.7 Å². The van der Waals surface area contributed by atoms with Gasteiger partial charge in [-0.15, -0.1) is 0 Å². The summed E-state index contributed by atoms with van der Waals surface area (Å²) >= 11 is 3.26. The van der Waals surface area contributed by atoms with Gasteiger partial charge in [-0.2, -0.15) is 0 Å². The second-order valence-corrected chi connectivity index (χ2v) is 7.25.